The zero-order chi connectivity index (χ0) is 28.5. The van der Waals surface area contributed by atoms with E-state index in [1.807, 2.05) is 38.1 Å². The molecular formula is C30H39BrN2O6. The van der Waals surface area contributed by atoms with Gasteiger partial charge in [0.1, 0.15) is 11.6 Å². The molecule has 9 heteroatoms. The maximum atomic E-state index is 14.6. The van der Waals surface area contributed by atoms with Gasteiger partial charge in [-0.1, -0.05) is 46.3 Å². The topological polar surface area (TPSA) is 96.4 Å². The number of aliphatic hydroxyl groups excluding tert-OH is 1. The van der Waals surface area contributed by atoms with Crippen LogP contribution in [0.1, 0.15) is 43.7 Å². The SMILES string of the molecule is C=CCCCCOC(=O)[C@H]1[C@H]2C(=O)N([C@H](C)CO)C(C(=O)N(CC=C)c3c(C)cccc3C)C23CC(Br)[C@@H]1O3. The fraction of sp³-hybridized carbons (Fsp3) is 0.567. The number of anilines is 1. The van der Waals surface area contributed by atoms with Crippen LogP contribution in [0.3, 0.4) is 0 Å². The van der Waals surface area contributed by atoms with Crippen molar-refractivity contribution in [3.05, 3.63) is 54.6 Å². The van der Waals surface area contributed by atoms with Crippen molar-refractivity contribution in [2.45, 2.75) is 75.1 Å². The Bertz CT molecular complexity index is 1120. The molecule has 3 fully saturated rings. The van der Waals surface area contributed by atoms with E-state index < -0.39 is 41.6 Å². The molecule has 1 N–H and O–H groups in total. The van der Waals surface area contributed by atoms with Gasteiger partial charge in [0.05, 0.1) is 37.2 Å². The Balaban J connectivity index is 1.74. The molecule has 212 valence electrons. The number of rotatable bonds is 12. The number of nitrogens with zero attached hydrogens (tertiary/aromatic N) is 2. The molecule has 3 saturated heterocycles. The third kappa shape index (κ3) is 4.98. The van der Waals surface area contributed by atoms with Crippen LogP contribution in [0, 0.1) is 25.7 Å². The van der Waals surface area contributed by atoms with Gasteiger partial charge in [0.25, 0.3) is 5.91 Å². The summed E-state index contributed by atoms with van der Waals surface area (Å²) in [5.41, 5.74) is 1.36. The maximum absolute atomic E-state index is 14.6. The van der Waals surface area contributed by atoms with E-state index in [-0.39, 0.29) is 36.4 Å². The largest absolute Gasteiger partial charge is 0.465 e. The lowest BCUT2D eigenvalue weighted by Crippen LogP contribution is -2.59. The molecule has 0 aliphatic carbocycles. The number of hydrogen-bond donors (Lipinski definition) is 1. The minimum Gasteiger partial charge on any atom is -0.465 e. The second-order valence-electron chi connectivity index (χ2n) is 10.9. The van der Waals surface area contributed by atoms with Gasteiger partial charge in [-0.25, -0.2) is 0 Å². The number of unbranched alkanes of at least 4 members (excludes halogenated alkanes) is 2. The fourth-order valence-electron chi connectivity index (χ4n) is 6.64. The molecule has 0 aromatic heterocycles. The molecule has 0 saturated carbocycles. The van der Waals surface area contributed by atoms with E-state index in [1.165, 1.54) is 4.90 Å². The van der Waals surface area contributed by atoms with Gasteiger partial charge in [-0.15, -0.1) is 13.2 Å². The zero-order valence-corrected chi connectivity index (χ0v) is 24.6. The number of aryl methyl sites for hydroxylation is 2. The van der Waals surface area contributed by atoms with Crippen LogP contribution in [0.5, 0.6) is 0 Å². The van der Waals surface area contributed by atoms with Crippen LogP contribution in [0.25, 0.3) is 0 Å². The monoisotopic (exact) mass is 602 g/mol. The summed E-state index contributed by atoms with van der Waals surface area (Å²) in [5.74, 6) is -2.86. The van der Waals surface area contributed by atoms with E-state index in [2.05, 4.69) is 29.1 Å². The van der Waals surface area contributed by atoms with Crippen molar-refractivity contribution in [1.29, 1.82) is 0 Å². The van der Waals surface area contributed by atoms with Crippen molar-refractivity contribution >= 4 is 39.4 Å². The molecule has 7 atom stereocenters. The molecule has 3 heterocycles. The van der Waals surface area contributed by atoms with Crippen molar-refractivity contribution in [3.63, 3.8) is 0 Å². The highest BCUT2D eigenvalue weighted by molar-refractivity contribution is 9.09. The summed E-state index contributed by atoms with van der Waals surface area (Å²) >= 11 is 3.68. The molecule has 3 aliphatic heterocycles. The first-order chi connectivity index (χ1) is 18.6. The van der Waals surface area contributed by atoms with E-state index >= 15 is 0 Å². The Morgan fingerprint density at radius 1 is 1.28 bits per heavy atom. The predicted octanol–water partition coefficient (Wildman–Crippen LogP) is 3.85. The number of carbonyl (C=O) groups excluding carboxylic acids is 3. The first kappa shape index (κ1) is 29.5. The predicted molar refractivity (Wildman–Crippen MR) is 153 cm³/mol. The van der Waals surface area contributed by atoms with Gasteiger partial charge < -0.3 is 24.4 Å². The number of ether oxygens (including phenoxy) is 2. The summed E-state index contributed by atoms with van der Waals surface area (Å²) in [7, 11) is 0. The molecule has 2 bridgehead atoms. The minimum absolute atomic E-state index is 0.229. The number of likely N-dealkylation sites (tertiary alicyclic amines) is 1. The number of allylic oxidation sites excluding steroid dienone is 1. The Morgan fingerprint density at radius 3 is 2.59 bits per heavy atom. The summed E-state index contributed by atoms with van der Waals surface area (Å²) in [4.78, 5) is 44.9. The van der Waals surface area contributed by atoms with Crippen LogP contribution in [0.4, 0.5) is 5.69 Å². The van der Waals surface area contributed by atoms with Crippen molar-refractivity contribution in [2.24, 2.45) is 11.8 Å². The van der Waals surface area contributed by atoms with Gasteiger partial charge >= 0.3 is 5.97 Å². The number of esters is 1. The molecule has 3 unspecified atom stereocenters. The molecular weight excluding hydrogens is 564 g/mol. The number of carbonyl (C=O) groups is 3. The third-order valence-corrected chi connectivity index (χ3v) is 9.15. The molecule has 1 aromatic carbocycles. The Labute approximate surface area is 239 Å². The number of alkyl halides is 1. The third-order valence-electron chi connectivity index (χ3n) is 8.31. The minimum atomic E-state index is -1.22. The van der Waals surface area contributed by atoms with Crippen LogP contribution >= 0.6 is 15.9 Å². The van der Waals surface area contributed by atoms with E-state index in [1.54, 1.807) is 17.9 Å². The number of amides is 2. The lowest BCUT2D eigenvalue weighted by atomic mass is 9.70. The normalized spacial score (nSPS) is 29.7. The zero-order valence-electron chi connectivity index (χ0n) is 23.0. The average molecular weight is 604 g/mol. The summed E-state index contributed by atoms with van der Waals surface area (Å²) in [6, 6.07) is 4.14. The van der Waals surface area contributed by atoms with Crippen LogP contribution in [-0.4, -0.2) is 76.2 Å². The smallest absolute Gasteiger partial charge is 0.312 e. The second-order valence-corrected chi connectivity index (χ2v) is 12.0. The number of aliphatic hydroxyl groups is 1. The molecule has 1 spiro atoms. The van der Waals surface area contributed by atoms with Gasteiger partial charge in [0.2, 0.25) is 5.91 Å². The van der Waals surface area contributed by atoms with Crippen molar-refractivity contribution < 1.29 is 29.0 Å². The fourth-order valence-corrected chi connectivity index (χ4v) is 7.58. The molecule has 0 radical (unpaired) electrons. The van der Waals surface area contributed by atoms with Crippen molar-refractivity contribution in [2.75, 3.05) is 24.7 Å². The summed E-state index contributed by atoms with van der Waals surface area (Å²) in [5, 5.41) is 10.1. The molecule has 39 heavy (non-hydrogen) atoms. The lowest BCUT2D eigenvalue weighted by molar-refractivity contribution is -0.155. The van der Waals surface area contributed by atoms with E-state index in [0.717, 1.165) is 29.7 Å². The molecule has 4 rings (SSSR count). The molecule has 8 nitrogen and oxygen atoms in total. The Kier molecular flexibility index (Phi) is 9.03. The van der Waals surface area contributed by atoms with Gasteiger partial charge in [-0.05, 0) is 57.6 Å². The highest BCUT2D eigenvalue weighted by Gasteiger charge is 2.77. The highest BCUT2D eigenvalue weighted by atomic mass is 79.9. The van der Waals surface area contributed by atoms with Gasteiger partial charge in [0, 0.05) is 17.1 Å². The summed E-state index contributed by atoms with van der Waals surface area (Å²) < 4.78 is 12.2. The number of benzene rings is 1. The van der Waals surface area contributed by atoms with E-state index in [0.29, 0.717) is 12.8 Å². The van der Waals surface area contributed by atoms with Crippen LogP contribution in [0.2, 0.25) is 0 Å². The number of halogens is 1. The average Bonchev–Trinajstić information content (AvgIpc) is 3.50. The summed E-state index contributed by atoms with van der Waals surface area (Å²) in [6.45, 7) is 13.3. The maximum Gasteiger partial charge on any atom is 0.312 e. The molecule has 2 amide bonds. The van der Waals surface area contributed by atoms with Crippen LogP contribution in [-0.2, 0) is 23.9 Å². The van der Waals surface area contributed by atoms with Gasteiger partial charge in [-0.2, -0.15) is 0 Å². The van der Waals surface area contributed by atoms with Gasteiger partial charge in [-0.3, -0.25) is 14.4 Å². The Hall–Kier alpha value is -2.49. The quantitative estimate of drug-likeness (QED) is 0.169. The number of para-hydroxylation sites is 1. The Morgan fingerprint density at radius 2 is 1.97 bits per heavy atom. The highest BCUT2D eigenvalue weighted by Crippen LogP contribution is 2.60. The summed E-state index contributed by atoms with van der Waals surface area (Å²) in [6.07, 6.45) is 5.65. The van der Waals surface area contributed by atoms with Gasteiger partial charge in [0.15, 0.2) is 0 Å². The standard InChI is InChI=1S/C30H39BrN2O6/c1-6-8-9-10-15-38-29(37)22-23-27(35)33(20(5)17-34)26(30(23)16-21(31)25(22)39-30)28(36)32(14-7-2)24-18(3)12-11-13-19(24)4/h6-7,11-13,20-23,25-26,34H,1-2,8-10,14-17H2,3-5H3/t20-,21?,22+,23+,25+,26?,30?/m1/s1. The number of hydrogen-bond acceptors (Lipinski definition) is 6. The first-order valence-corrected chi connectivity index (χ1v) is 14.6. The van der Waals surface area contributed by atoms with E-state index in [4.69, 9.17) is 9.47 Å². The van der Waals surface area contributed by atoms with Crippen LogP contribution in [0.15, 0.2) is 43.5 Å². The lowest BCUT2D eigenvalue weighted by Gasteiger charge is -2.39. The van der Waals surface area contributed by atoms with E-state index in [9.17, 15) is 19.5 Å². The van der Waals surface area contributed by atoms with Crippen molar-refractivity contribution in [3.8, 4) is 0 Å². The molecule has 3 aliphatic rings. The van der Waals surface area contributed by atoms with Crippen LogP contribution < -0.4 is 4.90 Å². The number of fused-ring (bicyclic) bond motifs is 1. The first-order valence-electron chi connectivity index (χ1n) is 13.7. The second kappa shape index (κ2) is 11.9. The molecule has 1 aromatic rings. The van der Waals surface area contributed by atoms with Crippen molar-refractivity contribution in [1.82, 2.24) is 4.90 Å².